The maximum atomic E-state index is 11.3. The Labute approximate surface area is 91.0 Å². The maximum absolute atomic E-state index is 11.3. The third-order valence-electron chi connectivity index (χ3n) is 3.51. The smallest absolute Gasteiger partial charge is 0.322 e. The van der Waals surface area contributed by atoms with Gasteiger partial charge < -0.3 is 10.1 Å². The van der Waals surface area contributed by atoms with Gasteiger partial charge in [0.05, 0.1) is 7.11 Å². The van der Waals surface area contributed by atoms with E-state index in [0.717, 1.165) is 13.0 Å². The summed E-state index contributed by atoms with van der Waals surface area (Å²) in [6.07, 6.45) is 6.21. The largest absolute Gasteiger partial charge is 0.468 e. The first kappa shape index (κ1) is 11.8. The Morgan fingerprint density at radius 2 is 2.07 bits per heavy atom. The highest BCUT2D eigenvalue weighted by atomic mass is 35.5. The summed E-state index contributed by atoms with van der Waals surface area (Å²) in [5.74, 6) is -0.0937. The standard InChI is InChI=1S/C10H17NO2.ClH/c1-13-9(12)8-6-10(7-11-8)4-2-3-5-10;/h8,11H,2-7H2,1H3;1H. The van der Waals surface area contributed by atoms with Gasteiger partial charge in [0.15, 0.2) is 0 Å². The number of carbonyl (C=O) groups excluding carboxylic acids is 1. The van der Waals surface area contributed by atoms with Crippen LogP contribution < -0.4 is 5.32 Å². The number of hydrogen-bond acceptors (Lipinski definition) is 3. The Balaban J connectivity index is 0.000000980. The number of hydrogen-bond donors (Lipinski definition) is 1. The average molecular weight is 220 g/mol. The number of carbonyl (C=O) groups is 1. The predicted octanol–water partition coefficient (Wildman–Crippen LogP) is 1.50. The zero-order valence-corrected chi connectivity index (χ0v) is 9.36. The third kappa shape index (κ3) is 2.04. The van der Waals surface area contributed by atoms with Gasteiger partial charge >= 0.3 is 5.97 Å². The van der Waals surface area contributed by atoms with Crippen molar-refractivity contribution in [3.05, 3.63) is 0 Å². The summed E-state index contributed by atoms with van der Waals surface area (Å²) in [5, 5.41) is 3.27. The van der Waals surface area contributed by atoms with E-state index in [9.17, 15) is 4.79 Å². The van der Waals surface area contributed by atoms with Gasteiger partial charge in [-0.2, -0.15) is 0 Å². The fourth-order valence-electron chi connectivity index (χ4n) is 2.73. The molecular formula is C10H18ClNO2. The number of methoxy groups -OCH3 is 1. The molecular weight excluding hydrogens is 202 g/mol. The molecule has 3 nitrogen and oxygen atoms in total. The second-order valence-corrected chi connectivity index (χ2v) is 4.37. The molecule has 1 atom stereocenters. The Hall–Kier alpha value is -0.280. The fourth-order valence-corrected chi connectivity index (χ4v) is 2.73. The second kappa shape index (κ2) is 4.49. The number of rotatable bonds is 1. The highest BCUT2D eigenvalue weighted by molar-refractivity contribution is 5.85. The molecule has 2 fully saturated rings. The molecule has 0 amide bonds. The molecule has 4 heteroatoms. The van der Waals surface area contributed by atoms with E-state index in [0.29, 0.717) is 5.41 Å². The van der Waals surface area contributed by atoms with Crippen LogP contribution in [0.1, 0.15) is 32.1 Å². The van der Waals surface area contributed by atoms with Gasteiger partial charge in [-0.05, 0) is 24.7 Å². The van der Waals surface area contributed by atoms with Gasteiger partial charge in [-0.3, -0.25) is 4.79 Å². The monoisotopic (exact) mass is 219 g/mol. The number of esters is 1. The van der Waals surface area contributed by atoms with Gasteiger partial charge in [0.25, 0.3) is 0 Å². The molecule has 2 rings (SSSR count). The van der Waals surface area contributed by atoms with Crippen LogP contribution in [0.4, 0.5) is 0 Å². The van der Waals surface area contributed by atoms with Crippen molar-refractivity contribution in [1.29, 1.82) is 0 Å². The zero-order chi connectivity index (χ0) is 9.31. The van der Waals surface area contributed by atoms with Crippen LogP contribution >= 0.6 is 12.4 Å². The molecule has 0 bridgehead atoms. The quantitative estimate of drug-likeness (QED) is 0.680. The van der Waals surface area contributed by atoms with E-state index in [1.807, 2.05) is 0 Å². The zero-order valence-electron chi connectivity index (χ0n) is 8.54. The van der Waals surface area contributed by atoms with Crippen molar-refractivity contribution in [2.75, 3.05) is 13.7 Å². The Morgan fingerprint density at radius 3 is 2.64 bits per heavy atom. The van der Waals surface area contributed by atoms with E-state index >= 15 is 0 Å². The summed E-state index contributed by atoms with van der Waals surface area (Å²) in [7, 11) is 1.46. The number of nitrogens with one attached hydrogen (secondary N) is 1. The highest BCUT2D eigenvalue weighted by Crippen LogP contribution is 2.44. The van der Waals surface area contributed by atoms with E-state index in [1.54, 1.807) is 0 Å². The lowest BCUT2D eigenvalue weighted by atomic mass is 9.84. The third-order valence-corrected chi connectivity index (χ3v) is 3.51. The molecule has 1 saturated heterocycles. The van der Waals surface area contributed by atoms with Crippen LogP contribution in [0, 0.1) is 5.41 Å². The van der Waals surface area contributed by atoms with Crippen LogP contribution in [-0.4, -0.2) is 25.7 Å². The Kier molecular flexibility index (Phi) is 3.78. The van der Waals surface area contributed by atoms with E-state index in [2.05, 4.69) is 5.32 Å². The molecule has 0 aromatic heterocycles. The predicted molar refractivity (Wildman–Crippen MR) is 56.6 cm³/mol. The lowest BCUT2D eigenvalue weighted by molar-refractivity contribution is -0.142. The van der Waals surface area contributed by atoms with Crippen molar-refractivity contribution >= 4 is 18.4 Å². The molecule has 1 aliphatic carbocycles. The normalized spacial score (nSPS) is 28.8. The molecule has 2 aliphatic rings. The molecule has 1 heterocycles. The first-order valence-electron chi connectivity index (χ1n) is 5.07. The number of halogens is 1. The fraction of sp³-hybridized carbons (Fsp3) is 0.900. The van der Waals surface area contributed by atoms with Gasteiger partial charge in [-0.15, -0.1) is 12.4 Å². The van der Waals surface area contributed by atoms with Crippen molar-refractivity contribution in [3.8, 4) is 0 Å². The summed E-state index contributed by atoms with van der Waals surface area (Å²) in [6, 6.07) is -0.0388. The van der Waals surface area contributed by atoms with Crippen molar-refractivity contribution in [1.82, 2.24) is 5.32 Å². The average Bonchev–Trinajstić information content (AvgIpc) is 2.76. The van der Waals surface area contributed by atoms with Crippen molar-refractivity contribution in [2.24, 2.45) is 5.41 Å². The van der Waals surface area contributed by atoms with Crippen molar-refractivity contribution in [3.63, 3.8) is 0 Å². The Morgan fingerprint density at radius 1 is 1.43 bits per heavy atom. The van der Waals surface area contributed by atoms with Gasteiger partial charge in [-0.25, -0.2) is 0 Å². The summed E-state index contributed by atoms with van der Waals surface area (Å²) in [4.78, 5) is 11.3. The van der Waals surface area contributed by atoms with Gasteiger partial charge in [0, 0.05) is 6.54 Å². The van der Waals surface area contributed by atoms with Gasteiger partial charge in [-0.1, -0.05) is 12.8 Å². The van der Waals surface area contributed by atoms with Crippen LogP contribution in [0.15, 0.2) is 0 Å². The van der Waals surface area contributed by atoms with E-state index in [1.165, 1.54) is 32.8 Å². The minimum atomic E-state index is -0.0937. The lowest BCUT2D eigenvalue weighted by Crippen LogP contribution is -2.31. The first-order valence-corrected chi connectivity index (χ1v) is 5.07. The summed E-state index contributed by atoms with van der Waals surface area (Å²) >= 11 is 0. The van der Waals surface area contributed by atoms with Crippen LogP contribution in [-0.2, 0) is 9.53 Å². The first-order chi connectivity index (χ1) is 6.26. The summed E-state index contributed by atoms with van der Waals surface area (Å²) < 4.78 is 4.74. The molecule has 1 unspecified atom stereocenters. The maximum Gasteiger partial charge on any atom is 0.322 e. The molecule has 1 saturated carbocycles. The molecule has 1 N–H and O–H groups in total. The molecule has 14 heavy (non-hydrogen) atoms. The summed E-state index contributed by atoms with van der Waals surface area (Å²) in [6.45, 7) is 1.01. The Bertz CT molecular complexity index is 214. The van der Waals surface area contributed by atoms with Gasteiger partial charge in [0.2, 0.25) is 0 Å². The molecule has 1 spiro atoms. The van der Waals surface area contributed by atoms with Crippen LogP contribution in [0.3, 0.4) is 0 Å². The molecule has 82 valence electrons. The summed E-state index contributed by atoms with van der Waals surface area (Å²) in [5.41, 5.74) is 0.429. The van der Waals surface area contributed by atoms with E-state index in [-0.39, 0.29) is 24.4 Å². The topological polar surface area (TPSA) is 38.3 Å². The van der Waals surface area contributed by atoms with Crippen molar-refractivity contribution in [2.45, 2.75) is 38.1 Å². The van der Waals surface area contributed by atoms with Crippen molar-refractivity contribution < 1.29 is 9.53 Å². The lowest BCUT2D eigenvalue weighted by Gasteiger charge is -2.20. The van der Waals surface area contributed by atoms with E-state index in [4.69, 9.17) is 4.74 Å². The minimum absolute atomic E-state index is 0. The van der Waals surface area contributed by atoms with Crippen LogP contribution in [0.5, 0.6) is 0 Å². The number of ether oxygens (including phenoxy) is 1. The van der Waals surface area contributed by atoms with Crippen LogP contribution in [0.2, 0.25) is 0 Å². The molecule has 0 aromatic rings. The molecule has 1 aliphatic heterocycles. The van der Waals surface area contributed by atoms with Gasteiger partial charge in [0.1, 0.15) is 6.04 Å². The van der Waals surface area contributed by atoms with E-state index < -0.39 is 0 Å². The second-order valence-electron chi connectivity index (χ2n) is 4.37. The molecule has 0 radical (unpaired) electrons. The SMILES string of the molecule is COC(=O)C1CC2(CCCC2)CN1.Cl. The highest BCUT2D eigenvalue weighted by Gasteiger charge is 2.43. The molecule has 0 aromatic carbocycles. The van der Waals surface area contributed by atoms with Crippen LogP contribution in [0.25, 0.3) is 0 Å². The minimum Gasteiger partial charge on any atom is -0.468 e.